The summed E-state index contributed by atoms with van der Waals surface area (Å²) in [5.74, 6) is 0.964. The van der Waals surface area contributed by atoms with Crippen molar-refractivity contribution in [2.75, 3.05) is 34.1 Å². The molecule has 2 heterocycles. The van der Waals surface area contributed by atoms with Gasteiger partial charge in [-0.3, -0.25) is 4.79 Å². The molecule has 26 heavy (non-hydrogen) atoms. The minimum absolute atomic E-state index is 0.100. The third kappa shape index (κ3) is 4.45. The van der Waals surface area contributed by atoms with Gasteiger partial charge in [0.05, 0.1) is 17.7 Å². The van der Waals surface area contributed by atoms with Gasteiger partial charge in [-0.05, 0) is 24.6 Å². The summed E-state index contributed by atoms with van der Waals surface area (Å²) in [5.41, 5.74) is 1.40. The number of aromatic nitrogens is 3. The lowest BCUT2D eigenvalue weighted by molar-refractivity contribution is -0.114. The number of hydrogen-bond donors (Lipinski definition) is 2. The fourth-order valence-corrected chi connectivity index (χ4v) is 4.55. The Labute approximate surface area is 151 Å². The molecule has 2 N–H and O–H groups in total. The molecule has 0 saturated carbocycles. The molecule has 0 radical (unpaired) electrons. The minimum atomic E-state index is -2.99. The second-order valence-corrected chi connectivity index (χ2v) is 8.43. The highest BCUT2D eigenvalue weighted by molar-refractivity contribution is 7.91. The first-order chi connectivity index (χ1) is 12.3. The third-order valence-electron chi connectivity index (χ3n) is 4.07. The third-order valence-corrected chi connectivity index (χ3v) is 5.82. The molecule has 1 saturated heterocycles. The van der Waals surface area contributed by atoms with E-state index in [2.05, 4.69) is 25.8 Å². The molecule has 1 aliphatic heterocycles. The Kier molecular flexibility index (Phi) is 5.03. The summed E-state index contributed by atoms with van der Waals surface area (Å²) >= 11 is 0. The van der Waals surface area contributed by atoms with E-state index in [1.165, 1.54) is 13.1 Å². The maximum absolute atomic E-state index is 11.7. The van der Waals surface area contributed by atoms with Gasteiger partial charge < -0.3 is 15.5 Å². The van der Waals surface area contributed by atoms with Crippen LogP contribution >= 0.6 is 0 Å². The molecule has 1 fully saturated rings. The van der Waals surface area contributed by atoms with Crippen LogP contribution in [0.25, 0.3) is 0 Å². The average molecular weight is 376 g/mol. The van der Waals surface area contributed by atoms with Crippen molar-refractivity contribution in [2.24, 2.45) is 0 Å². The molecule has 1 aromatic heterocycles. The number of nitrogens with one attached hydrogen (secondary N) is 2. The standard InChI is InChI=1S/C16H20N6O3S/c1-11(23)18-12-4-3-5-13(8-12)19-15-9-17-21-16(20-15)22(2)14-6-7-26(24,25)10-14/h3-5,8-9,14H,6-7,10H2,1-2H3,(H,18,23)(H,19,20,21). The normalized spacial score (nSPS) is 18.3. The molecule has 1 amide bonds. The number of benzene rings is 1. The second kappa shape index (κ2) is 7.24. The van der Waals surface area contributed by atoms with E-state index >= 15 is 0 Å². The van der Waals surface area contributed by atoms with Gasteiger partial charge in [0, 0.05) is 31.4 Å². The van der Waals surface area contributed by atoms with Crippen LogP contribution in [0, 0.1) is 0 Å². The maximum atomic E-state index is 11.7. The molecular formula is C16H20N6O3S. The molecule has 1 atom stereocenters. The predicted molar refractivity (Wildman–Crippen MR) is 99.3 cm³/mol. The highest BCUT2D eigenvalue weighted by Crippen LogP contribution is 2.22. The fourth-order valence-electron chi connectivity index (χ4n) is 2.77. The molecule has 0 spiro atoms. The average Bonchev–Trinajstić information content (AvgIpc) is 2.94. The molecule has 0 aliphatic carbocycles. The van der Waals surface area contributed by atoms with E-state index in [-0.39, 0.29) is 23.5 Å². The molecule has 10 heteroatoms. The molecule has 1 aromatic carbocycles. The summed E-state index contributed by atoms with van der Waals surface area (Å²) in [7, 11) is -1.22. The van der Waals surface area contributed by atoms with Crippen LogP contribution in [0.2, 0.25) is 0 Å². The molecular weight excluding hydrogens is 356 g/mol. The first kappa shape index (κ1) is 18.1. The quantitative estimate of drug-likeness (QED) is 0.799. The summed E-state index contributed by atoms with van der Waals surface area (Å²) in [4.78, 5) is 17.3. The highest BCUT2D eigenvalue weighted by Gasteiger charge is 2.31. The van der Waals surface area contributed by atoms with E-state index in [4.69, 9.17) is 0 Å². The van der Waals surface area contributed by atoms with Gasteiger partial charge in [0.1, 0.15) is 0 Å². The predicted octanol–water partition coefficient (Wildman–Crippen LogP) is 1.20. The van der Waals surface area contributed by atoms with Gasteiger partial charge in [-0.15, -0.1) is 5.10 Å². The van der Waals surface area contributed by atoms with Crippen molar-refractivity contribution in [3.05, 3.63) is 30.5 Å². The first-order valence-electron chi connectivity index (χ1n) is 8.10. The zero-order valence-corrected chi connectivity index (χ0v) is 15.3. The van der Waals surface area contributed by atoms with Crippen LogP contribution in [-0.2, 0) is 14.6 Å². The summed E-state index contributed by atoms with van der Waals surface area (Å²) in [6.45, 7) is 1.44. The number of sulfone groups is 1. The monoisotopic (exact) mass is 376 g/mol. The lowest BCUT2D eigenvalue weighted by atomic mass is 10.2. The second-order valence-electron chi connectivity index (χ2n) is 6.20. The van der Waals surface area contributed by atoms with Crippen LogP contribution in [0.3, 0.4) is 0 Å². The van der Waals surface area contributed by atoms with Crippen molar-refractivity contribution in [1.29, 1.82) is 0 Å². The zero-order chi connectivity index (χ0) is 18.7. The highest BCUT2D eigenvalue weighted by atomic mass is 32.2. The summed E-state index contributed by atoms with van der Waals surface area (Å²) in [6.07, 6.45) is 2.03. The Hall–Kier alpha value is -2.75. The van der Waals surface area contributed by atoms with Crippen LogP contribution in [-0.4, -0.2) is 54.1 Å². The molecule has 1 unspecified atom stereocenters. The maximum Gasteiger partial charge on any atom is 0.247 e. The number of hydrogen-bond acceptors (Lipinski definition) is 8. The van der Waals surface area contributed by atoms with Crippen molar-refractivity contribution in [1.82, 2.24) is 15.2 Å². The van der Waals surface area contributed by atoms with Crippen molar-refractivity contribution < 1.29 is 13.2 Å². The molecule has 2 aromatic rings. The number of nitrogens with zero attached hydrogens (tertiary/aromatic N) is 4. The lowest BCUT2D eigenvalue weighted by Gasteiger charge is -2.22. The van der Waals surface area contributed by atoms with Crippen molar-refractivity contribution in [3.63, 3.8) is 0 Å². The lowest BCUT2D eigenvalue weighted by Crippen LogP contribution is -2.34. The Morgan fingerprint density at radius 3 is 2.77 bits per heavy atom. The van der Waals surface area contributed by atoms with Crippen molar-refractivity contribution >= 4 is 38.9 Å². The molecule has 9 nitrogen and oxygen atoms in total. The molecule has 1 aliphatic rings. The number of rotatable bonds is 5. The minimum Gasteiger partial charge on any atom is -0.339 e. The Balaban J connectivity index is 1.74. The number of anilines is 4. The van der Waals surface area contributed by atoms with Gasteiger partial charge in [0.2, 0.25) is 11.9 Å². The van der Waals surface area contributed by atoms with Gasteiger partial charge in [-0.1, -0.05) is 6.07 Å². The van der Waals surface area contributed by atoms with Gasteiger partial charge in [-0.25, -0.2) is 8.42 Å². The summed E-state index contributed by atoms with van der Waals surface area (Å²) in [5, 5.41) is 13.8. The zero-order valence-electron chi connectivity index (χ0n) is 14.5. The number of carbonyl (C=O) groups is 1. The van der Waals surface area contributed by atoms with E-state index in [0.717, 1.165) is 5.69 Å². The van der Waals surface area contributed by atoms with E-state index in [1.54, 1.807) is 30.1 Å². The summed E-state index contributed by atoms with van der Waals surface area (Å²) in [6, 6.07) is 7.04. The van der Waals surface area contributed by atoms with E-state index in [0.29, 0.717) is 23.9 Å². The summed E-state index contributed by atoms with van der Waals surface area (Å²) < 4.78 is 23.3. The van der Waals surface area contributed by atoms with Crippen LogP contribution in [0.4, 0.5) is 23.1 Å². The smallest absolute Gasteiger partial charge is 0.247 e. The van der Waals surface area contributed by atoms with E-state index in [9.17, 15) is 13.2 Å². The molecule has 0 bridgehead atoms. The number of carbonyl (C=O) groups excluding carboxylic acids is 1. The molecule has 3 rings (SSSR count). The van der Waals surface area contributed by atoms with Gasteiger partial charge in [-0.2, -0.15) is 10.1 Å². The van der Waals surface area contributed by atoms with E-state index in [1.807, 2.05) is 6.07 Å². The van der Waals surface area contributed by atoms with Crippen molar-refractivity contribution in [3.8, 4) is 0 Å². The van der Waals surface area contributed by atoms with Crippen LogP contribution < -0.4 is 15.5 Å². The van der Waals surface area contributed by atoms with E-state index < -0.39 is 9.84 Å². The first-order valence-corrected chi connectivity index (χ1v) is 9.92. The SMILES string of the molecule is CC(=O)Nc1cccc(Nc2cnnc(N(C)C3CCS(=O)(=O)C3)n2)c1. The van der Waals surface area contributed by atoms with Crippen LogP contribution in [0.1, 0.15) is 13.3 Å². The van der Waals surface area contributed by atoms with Crippen LogP contribution in [0.15, 0.2) is 30.5 Å². The Bertz CT molecular complexity index is 918. The Morgan fingerprint density at radius 2 is 2.08 bits per heavy atom. The largest absolute Gasteiger partial charge is 0.339 e. The topological polar surface area (TPSA) is 117 Å². The van der Waals surface area contributed by atoms with Gasteiger partial charge >= 0.3 is 0 Å². The number of amides is 1. The Morgan fingerprint density at radius 1 is 1.31 bits per heavy atom. The van der Waals surface area contributed by atoms with Crippen molar-refractivity contribution in [2.45, 2.75) is 19.4 Å². The van der Waals surface area contributed by atoms with Crippen LogP contribution in [0.5, 0.6) is 0 Å². The van der Waals surface area contributed by atoms with Gasteiger partial charge in [0.15, 0.2) is 15.7 Å². The molecule has 138 valence electrons. The fraction of sp³-hybridized carbons (Fsp3) is 0.375. The van der Waals surface area contributed by atoms with Gasteiger partial charge in [0.25, 0.3) is 0 Å².